The topological polar surface area (TPSA) is 136 Å². The quantitative estimate of drug-likeness (QED) is 0.274. The minimum Gasteiger partial charge on any atom is -0.382 e. The van der Waals surface area contributed by atoms with E-state index < -0.39 is 5.91 Å². The van der Waals surface area contributed by atoms with Crippen molar-refractivity contribution in [3.05, 3.63) is 84.6 Å². The largest absolute Gasteiger partial charge is 0.382 e. The average Bonchev–Trinajstić information content (AvgIpc) is 3.29. The number of nitrogens with one attached hydrogen (secondary N) is 1. The van der Waals surface area contributed by atoms with Crippen LogP contribution in [-0.4, -0.2) is 35.8 Å². The number of hydrogen-bond donors (Lipinski definition) is 3. The number of carbonyl (C=O) groups excluding carboxylic acids is 1. The van der Waals surface area contributed by atoms with Crippen molar-refractivity contribution in [3.63, 3.8) is 0 Å². The first kappa shape index (κ1) is 21.0. The number of pyridine rings is 2. The van der Waals surface area contributed by atoms with Crippen LogP contribution < -0.4 is 15.8 Å². The molecule has 1 amide bonds. The number of anilines is 1. The Kier molecular flexibility index (Phi) is 5.30. The van der Waals surface area contributed by atoms with Crippen molar-refractivity contribution in [1.29, 1.82) is 0 Å². The van der Waals surface area contributed by atoms with Gasteiger partial charge in [0, 0.05) is 47.3 Å². The molecule has 5 rings (SSSR count). The number of aromatic nitrogens is 6. The molecule has 0 aliphatic carbocycles. The molecule has 0 aliphatic heterocycles. The smallest absolute Gasteiger partial charge is 0.274 e. The van der Waals surface area contributed by atoms with E-state index >= 15 is 0 Å². The van der Waals surface area contributed by atoms with Crippen LogP contribution >= 0.6 is 0 Å². The third-order valence-corrected chi connectivity index (χ3v) is 5.32. The maximum Gasteiger partial charge on any atom is 0.274 e. The lowest BCUT2D eigenvalue weighted by atomic mass is 10.0. The molecule has 5 aromatic rings. The summed E-state index contributed by atoms with van der Waals surface area (Å²) in [6.45, 7) is 0.0796. The van der Waals surface area contributed by atoms with Crippen LogP contribution in [0, 0.1) is 0 Å². The molecule has 4 heterocycles. The van der Waals surface area contributed by atoms with Gasteiger partial charge in [-0.3, -0.25) is 19.7 Å². The maximum absolute atomic E-state index is 13.0. The van der Waals surface area contributed by atoms with Gasteiger partial charge in [-0.2, -0.15) is 5.10 Å². The number of nitrogens with zero attached hydrogens (tertiary/aromatic N) is 6. The predicted octanol–water partition coefficient (Wildman–Crippen LogP) is 2.13. The van der Waals surface area contributed by atoms with E-state index in [1.54, 1.807) is 42.3 Å². The Bertz CT molecular complexity index is 1530. The average molecular weight is 453 g/mol. The first-order valence-electron chi connectivity index (χ1n) is 10.5. The second kappa shape index (κ2) is 8.58. The number of aryl methyl sites for hydroxylation is 1. The van der Waals surface area contributed by atoms with Crippen LogP contribution in [0.1, 0.15) is 16.2 Å². The number of nitrogen functional groups attached to an aromatic ring is 1. The molecule has 0 bridgehead atoms. The number of rotatable bonds is 5. The van der Waals surface area contributed by atoms with E-state index in [9.17, 15) is 10.0 Å². The zero-order valence-electron chi connectivity index (χ0n) is 18.3. The van der Waals surface area contributed by atoms with E-state index in [0.717, 1.165) is 21.2 Å². The lowest BCUT2D eigenvalue weighted by Crippen LogP contribution is -2.38. The van der Waals surface area contributed by atoms with E-state index in [-0.39, 0.29) is 18.1 Å². The number of carbonyl (C=O) groups is 1. The van der Waals surface area contributed by atoms with Crippen molar-refractivity contribution < 1.29 is 14.7 Å². The molecular weight excluding hydrogens is 432 g/mol. The summed E-state index contributed by atoms with van der Waals surface area (Å²) in [4.78, 5) is 26.5. The van der Waals surface area contributed by atoms with Gasteiger partial charge in [0.25, 0.3) is 11.6 Å². The number of hydrogen-bond acceptors (Lipinski definition) is 7. The van der Waals surface area contributed by atoms with Gasteiger partial charge in [-0.15, -0.1) is 0 Å². The van der Waals surface area contributed by atoms with E-state index in [2.05, 4.69) is 25.4 Å². The number of benzene rings is 1. The first-order chi connectivity index (χ1) is 16.5. The summed E-state index contributed by atoms with van der Waals surface area (Å²) in [6.07, 6.45) is 5.01. The van der Waals surface area contributed by atoms with E-state index in [1.165, 1.54) is 6.20 Å². The third-order valence-electron chi connectivity index (χ3n) is 5.32. The highest BCUT2D eigenvalue weighted by Crippen LogP contribution is 2.31. The van der Waals surface area contributed by atoms with Crippen molar-refractivity contribution >= 4 is 22.6 Å². The zero-order valence-corrected chi connectivity index (χ0v) is 18.3. The zero-order chi connectivity index (χ0) is 23.7. The monoisotopic (exact) mass is 453 g/mol. The van der Waals surface area contributed by atoms with E-state index in [4.69, 9.17) is 5.73 Å². The summed E-state index contributed by atoms with van der Waals surface area (Å²) in [7, 11) is 1.81. The standard InChI is InChI=1S/C24H20N8O2/c1-31-12-9-19(30-31)21-20(16-7-8-18-15(13-16)5-4-10-26-18)28-22(23(25)29-21)24(33)27-14-17-6-2-3-11-32(17)34/h2-13H,14H2,1H3,(H3-,25,27,29,33,34)/p+1. The maximum atomic E-state index is 13.0. The minimum atomic E-state index is -0.509. The summed E-state index contributed by atoms with van der Waals surface area (Å²) in [5, 5.41) is 18.0. The van der Waals surface area contributed by atoms with Gasteiger partial charge < -0.3 is 11.1 Å². The Morgan fingerprint density at radius 1 is 1.12 bits per heavy atom. The number of nitrogens with two attached hydrogens (primary N) is 1. The molecule has 10 nitrogen and oxygen atoms in total. The molecule has 10 heteroatoms. The highest BCUT2D eigenvalue weighted by Gasteiger charge is 2.22. The molecule has 0 spiro atoms. The summed E-state index contributed by atoms with van der Waals surface area (Å²) in [5.74, 6) is -0.528. The summed E-state index contributed by atoms with van der Waals surface area (Å²) in [6, 6.07) is 16.5. The van der Waals surface area contributed by atoms with E-state index in [1.807, 2.05) is 36.4 Å². The summed E-state index contributed by atoms with van der Waals surface area (Å²) < 4.78 is 2.60. The molecule has 0 fully saturated rings. The molecule has 0 saturated carbocycles. The summed E-state index contributed by atoms with van der Waals surface area (Å²) >= 11 is 0. The van der Waals surface area contributed by atoms with Gasteiger partial charge in [0.05, 0.1) is 11.2 Å². The van der Waals surface area contributed by atoms with Gasteiger partial charge >= 0.3 is 0 Å². The Labute approximate surface area is 194 Å². The molecule has 1 aromatic carbocycles. The van der Waals surface area contributed by atoms with E-state index in [0.29, 0.717) is 22.8 Å². The Balaban J connectivity index is 1.58. The molecule has 0 aliphatic rings. The highest BCUT2D eigenvalue weighted by atomic mass is 16.5. The van der Waals surface area contributed by atoms with Crippen molar-refractivity contribution in [2.45, 2.75) is 6.54 Å². The lowest BCUT2D eigenvalue weighted by Gasteiger charge is -2.12. The van der Waals surface area contributed by atoms with Gasteiger partial charge in [0.15, 0.2) is 11.5 Å². The van der Waals surface area contributed by atoms with Gasteiger partial charge in [-0.05, 0) is 30.3 Å². The fraction of sp³-hybridized carbons (Fsp3) is 0.0833. The molecule has 4 aromatic heterocycles. The van der Waals surface area contributed by atoms with Crippen LogP contribution in [0.25, 0.3) is 33.5 Å². The van der Waals surface area contributed by atoms with Gasteiger partial charge in [0.1, 0.15) is 17.9 Å². The normalized spacial score (nSPS) is 11.0. The predicted molar refractivity (Wildman–Crippen MR) is 124 cm³/mol. The Hall–Kier alpha value is -4.86. The molecule has 0 unspecified atom stereocenters. The number of amides is 1. The molecule has 168 valence electrons. The first-order valence-corrected chi connectivity index (χ1v) is 10.5. The molecule has 0 saturated heterocycles. The van der Waals surface area contributed by atoms with Crippen LogP contribution in [0.4, 0.5) is 5.82 Å². The second-order valence-electron chi connectivity index (χ2n) is 7.66. The lowest BCUT2D eigenvalue weighted by molar-refractivity contribution is -0.909. The Morgan fingerprint density at radius 3 is 2.79 bits per heavy atom. The van der Waals surface area contributed by atoms with Crippen LogP contribution in [0.5, 0.6) is 0 Å². The van der Waals surface area contributed by atoms with Crippen LogP contribution in [0.15, 0.2) is 73.2 Å². The second-order valence-corrected chi connectivity index (χ2v) is 7.66. The van der Waals surface area contributed by atoms with Gasteiger partial charge in [-0.25, -0.2) is 9.97 Å². The van der Waals surface area contributed by atoms with Crippen molar-refractivity contribution in [3.8, 4) is 22.6 Å². The molecule has 34 heavy (non-hydrogen) atoms. The van der Waals surface area contributed by atoms with Crippen molar-refractivity contribution in [2.75, 3.05) is 5.73 Å². The molecule has 0 atom stereocenters. The van der Waals surface area contributed by atoms with Crippen molar-refractivity contribution in [1.82, 2.24) is 30.0 Å². The Morgan fingerprint density at radius 2 is 2.00 bits per heavy atom. The number of fused-ring (bicyclic) bond motifs is 1. The fourth-order valence-electron chi connectivity index (χ4n) is 3.62. The van der Waals surface area contributed by atoms with Crippen LogP contribution in [-0.2, 0) is 13.6 Å². The van der Waals surface area contributed by atoms with Gasteiger partial charge in [-0.1, -0.05) is 12.1 Å². The van der Waals surface area contributed by atoms with Crippen molar-refractivity contribution in [2.24, 2.45) is 7.05 Å². The third kappa shape index (κ3) is 3.99. The SMILES string of the molecule is Cn1ccc(-c2nc(N)c(C(=O)NCc3cccc[n+]3O)nc2-c2ccc3ncccc3c2)n1. The van der Waals surface area contributed by atoms with Crippen LogP contribution in [0.3, 0.4) is 0 Å². The fourth-order valence-corrected chi connectivity index (χ4v) is 3.62. The molecule has 4 N–H and O–H groups in total. The summed E-state index contributed by atoms with van der Waals surface area (Å²) in [5.41, 5.74) is 9.76. The van der Waals surface area contributed by atoms with Crippen LogP contribution in [0.2, 0.25) is 0 Å². The molecule has 0 radical (unpaired) electrons. The highest BCUT2D eigenvalue weighted by molar-refractivity contribution is 5.98. The minimum absolute atomic E-state index is 0.0126. The van der Waals surface area contributed by atoms with Gasteiger partial charge in [0.2, 0.25) is 6.20 Å². The molecular formula is C24H21N8O2+.